The van der Waals surface area contributed by atoms with E-state index in [4.69, 9.17) is 11.6 Å². The first-order valence-electron chi connectivity index (χ1n) is 11.7. The van der Waals surface area contributed by atoms with Crippen molar-refractivity contribution in [1.82, 2.24) is 20.1 Å². The Labute approximate surface area is 216 Å². The van der Waals surface area contributed by atoms with Crippen LogP contribution >= 0.6 is 23.4 Å². The van der Waals surface area contributed by atoms with Gasteiger partial charge >= 0.3 is 0 Å². The monoisotopic (exact) mass is 513 g/mol. The quantitative estimate of drug-likeness (QED) is 0.328. The van der Waals surface area contributed by atoms with Gasteiger partial charge in [0.25, 0.3) is 5.91 Å². The van der Waals surface area contributed by atoms with Crippen LogP contribution in [0.3, 0.4) is 0 Å². The van der Waals surface area contributed by atoms with E-state index in [2.05, 4.69) is 34.7 Å². The molecular weight excluding hydrogens is 482 g/mol. The van der Waals surface area contributed by atoms with Gasteiger partial charge < -0.3 is 15.2 Å². The van der Waals surface area contributed by atoms with E-state index in [0.29, 0.717) is 34.0 Å². The third-order valence-corrected chi connectivity index (χ3v) is 6.90. The molecule has 7 nitrogen and oxygen atoms in total. The number of benzene rings is 2. The minimum Gasteiger partial charge on any atom is -0.342 e. The van der Waals surface area contributed by atoms with E-state index in [1.54, 1.807) is 24.3 Å². The molecule has 0 unspecified atom stereocenters. The third kappa shape index (κ3) is 6.86. The molecule has 0 bridgehead atoms. The first-order valence-corrected chi connectivity index (χ1v) is 13.1. The smallest absolute Gasteiger partial charge is 0.253 e. The molecule has 1 atom stereocenters. The van der Waals surface area contributed by atoms with Crippen LogP contribution in [-0.2, 0) is 11.3 Å². The van der Waals surface area contributed by atoms with Crippen LogP contribution in [0.4, 0.5) is 5.69 Å². The SMILES string of the molecule is CCn1c(SCC(=O)Nc2ccc(C(C)C)cc2)nnc1[C@@H](NC(=O)c1ccccc1Cl)C(C)C. The van der Waals surface area contributed by atoms with Gasteiger partial charge in [0.05, 0.1) is 22.4 Å². The molecule has 0 saturated heterocycles. The summed E-state index contributed by atoms with van der Waals surface area (Å²) in [4.78, 5) is 25.4. The fraction of sp³-hybridized carbons (Fsp3) is 0.385. The topological polar surface area (TPSA) is 88.9 Å². The average molecular weight is 514 g/mol. The number of nitrogens with zero attached hydrogens (tertiary/aromatic N) is 3. The van der Waals surface area contributed by atoms with Gasteiger partial charge in [-0.25, -0.2) is 0 Å². The molecular formula is C26H32ClN5O2S. The lowest BCUT2D eigenvalue weighted by atomic mass is 10.0. The zero-order valence-electron chi connectivity index (χ0n) is 20.7. The molecule has 0 radical (unpaired) electrons. The number of hydrogen-bond donors (Lipinski definition) is 2. The van der Waals surface area contributed by atoms with Crippen LogP contribution in [0.1, 0.15) is 68.3 Å². The highest BCUT2D eigenvalue weighted by Gasteiger charge is 2.26. The summed E-state index contributed by atoms with van der Waals surface area (Å²) in [5.41, 5.74) is 2.40. The zero-order valence-corrected chi connectivity index (χ0v) is 22.3. The van der Waals surface area contributed by atoms with Crippen molar-refractivity contribution in [2.75, 3.05) is 11.1 Å². The van der Waals surface area contributed by atoms with E-state index in [1.807, 2.05) is 49.6 Å². The van der Waals surface area contributed by atoms with Crippen molar-refractivity contribution in [2.24, 2.45) is 5.92 Å². The number of nitrogens with one attached hydrogen (secondary N) is 2. The van der Waals surface area contributed by atoms with Crippen molar-refractivity contribution in [2.45, 2.75) is 58.3 Å². The molecule has 2 N–H and O–H groups in total. The molecule has 3 rings (SSSR count). The van der Waals surface area contributed by atoms with Crippen LogP contribution in [0.25, 0.3) is 0 Å². The summed E-state index contributed by atoms with van der Waals surface area (Å²) in [5.74, 6) is 0.960. The van der Waals surface area contributed by atoms with E-state index in [-0.39, 0.29) is 29.5 Å². The fourth-order valence-electron chi connectivity index (χ4n) is 3.61. The highest BCUT2D eigenvalue weighted by Crippen LogP contribution is 2.26. The lowest BCUT2D eigenvalue weighted by Crippen LogP contribution is -2.34. The Morgan fingerprint density at radius 3 is 2.31 bits per heavy atom. The molecule has 0 aliphatic carbocycles. The minimum atomic E-state index is -0.367. The Bertz CT molecular complexity index is 1160. The van der Waals surface area contributed by atoms with Gasteiger partial charge in [-0.2, -0.15) is 0 Å². The Morgan fingerprint density at radius 2 is 1.71 bits per heavy atom. The zero-order chi connectivity index (χ0) is 25.5. The number of carbonyl (C=O) groups is 2. The van der Waals surface area contributed by atoms with Gasteiger partial charge in [0.2, 0.25) is 5.91 Å². The highest BCUT2D eigenvalue weighted by atomic mass is 35.5. The molecule has 1 aromatic heterocycles. The van der Waals surface area contributed by atoms with Crippen LogP contribution in [0.5, 0.6) is 0 Å². The van der Waals surface area contributed by atoms with E-state index in [0.717, 1.165) is 5.69 Å². The van der Waals surface area contributed by atoms with Gasteiger partial charge in [0.15, 0.2) is 11.0 Å². The largest absolute Gasteiger partial charge is 0.342 e. The van der Waals surface area contributed by atoms with Gasteiger partial charge in [-0.1, -0.05) is 75.3 Å². The number of hydrogen-bond acceptors (Lipinski definition) is 5. The Hall–Kier alpha value is -2.84. The number of anilines is 1. The first kappa shape index (κ1) is 26.8. The molecule has 0 saturated carbocycles. The van der Waals surface area contributed by atoms with Crippen LogP contribution in [0, 0.1) is 5.92 Å². The summed E-state index contributed by atoms with van der Waals surface area (Å²) in [7, 11) is 0. The average Bonchev–Trinajstić information content (AvgIpc) is 3.24. The van der Waals surface area contributed by atoms with Crippen LogP contribution in [-0.4, -0.2) is 32.3 Å². The van der Waals surface area contributed by atoms with Crippen LogP contribution in [0.2, 0.25) is 5.02 Å². The molecule has 1 heterocycles. The van der Waals surface area contributed by atoms with Gasteiger partial charge in [-0.05, 0) is 48.6 Å². The van der Waals surface area contributed by atoms with E-state index < -0.39 is 0 Å². The summed E-state index contributed by atoms with van der Waals surface area (Å²) in [6, 6.07) is 14.5. The molecule has 0 fully saturated rings. The van der Waals surface area contributed by atoms with Crippen molar-refractivity contribution in [3.05, 3.63) is 70.5 Å². The number of thioether (sulfide) groups is 1. The standard InChI is InChI=1S/C26H32ClN5O2S/c1-6-32-24(23(17(4)5)29-25(34)20-9-7-8-10-21(20)27)30-31-26(32)35-15-22(33)28-19-13-11-18(12-14-19)16(2)3/h7-14,16-17,23H,6,15H2,1-5H3,(H,28,33)(H,29,34)/t23-/m0/s1. The van der Waals surface area contributed by atoms with E-state index >= 15 is 0 Å². The van der Waals surface area contributed by atoms with Crippen LogP contribution in [0.15, 0.2) is 53.7 Å². The molecule has 186 valence electrons. The molecule has 35 heavy (non-hydrogen) atoms. The highest BCUT2D eigenvalue weighted by molar-refractivity contribution is 7.99. The first-order chi connectivity index (χ1) is 16.7. The van der Waals surface area contributed by atoms with E-state index in [1.165, 1.54) is 17.3 Å². The predicted octanol–water partition coefficient (Wildman–Crippen LogP) is 5.93. The maximum atomic E-state index is 12.9. The second kappa shape index (κ2) is 12.2. The molecule has 0 aliphatic rings. The summed E-state index contributed by atoms with van der Waals surface area (Å²) >= 11 is 7.52. The molecule has 2 aromatic carbocycles. The normalized spacial score (nSPS) is 12.1. The number of aromatic nitrogens is 3. The lowest BCUT2D eigenvalue weighted by molar-refractivity contribution is -0.113. The van der Waals surface area contributed by atoms with Crippen molar-refractivity contribution < 1.29 is 9.59 Å². The fourth-order valence-corrected chi connectivity index (χ4v) is 4.64. The second-order valence-electron chi connectivity index (χ2n) is 8.87. The van der Waals surface area contributed by atoms with Gasteiger partial charge in [0, 0.05) is 12.2 Å². The van der Waals surface area contributed by atoms with Crippen molar-refractivity contribution >= 4 is 40.9 Å². The maximum Gasteiger partial charge on any atom is 0.253 e. The van der Waals surface area contributed by atoms with Gasteiger partial charge in [-0.3, -0.25) is 9.59 Å². The lowest BCUT2D eigenvalue weighted by Gasteiger charge is -2.22. The summed E-state index contributed by atoms with van der Waals surface area (Å²) < 4.78 is 1.94. The summed E-state index contributed by atoms with van der Waals surface area (Å²) in [5, 5.41) is 15.7. The second-order valence-corrected chi connectivity index (χ2v) is 10.2. The predicted molar refractivity (Wildman–Crippen MR) is 142 cm³/mol. The molecule has 0 spiro atoms. The number of halogens is 1. The van der Waals surface area contributed by atoms with Gasteiger partial charge in [0.1, 0.15) is 0 Å². The Morgan fingerprint density at radius 1 is 1.03 bits per heavy atom. The third-order valence-electron chi connectivity index (χ3n) is 5.61. The van der Waals surface area contributed by atoms with Crippen molar-refractivity contribution in [3.8, 4) is 0 Å². The van der Waals surface area contributed by atoms with Gasteiger partial charge in [-0.15, -0.1) is 10.2 Å². The van der Waals surface area contributed by atoms with Crippen molar-refractivity contribution in [3.63, 3.8) is 0 Å². The van der Waals surface area contributed by atoms with Crippen LogP contribution < -0.4 is 10.6 Å². The number of rotatable bonds is 10. The molecule has 3 aromatic rings. The maximum absolute atomic E-state index is 12.9. The number of amides is 2. The molecule has 9 heteroatoms. The minimum absolute atomic E-state index is 0.0610. The van der Waals surface area contributed by atoms with E-state index in [9.17, 15) is 9.59 Å². The summed E-state index contributed by atoms with van der Waals surface area (Å²) in [6.45, 7) is 10.9. The van der Waals surface area contributed by atoms with Crippen molar-refractivity contribution in [1.29, 1.82) is 0 Å². The Kier molecular flexibility index (Phi) is 9.34. The molecule has 0 aliphatic heterocycles. The summed E-state index contributed by atoms with van der Waals surface area (Å²) in [6.07, 6.45) is 0. The number of carbonyl (C=O) groups excluding carboxylic acids is 2. The Balaban J connectivity index is 1.69. The molecule has 2 amide bonds.